The average molecular weight is 335 g/mol. The molecule has 0 spiro atoms. The highest BCUT2D eigenvalue weighted by Crippen LogP contribution is 2.20. The quantitative estimate of drug-likeness (QED) is 0.893. The molecule has 0 aliphatic heterocycles. The SMILES string of the molecule is Cc1cc(C)c(C(=O)O)c(NCc2cccc(Br)c2)n1. The molecule has 0 amide bonds. The average Bonchev–Trinajstić information content (AvgIpc) is 2.35. The molecule has 0 aliphatic rings. The minimum atomic E-state index is -0.966. The molecule has 1 aromatic carbocycles. The van der Waals surface area contributed by atoms with Crippen LogP contribution in [0.15, 0.2) is 34.8 Å². The monoisotopic (exact) mass is 334 g/mol. The van der Waals surface area contributed by atoms with Crippen LogP contribution in [0.2, 0.25) is 0 Å². The first kappa shape index (κ1) is 14.5. The number of nitrogens with one attached hydrogen (secondary N) is 1. The number of rotatable bonds is 4. The van der Waals surface area contributed by atoms with E-state index in [0.717, 1.165) is 15.7 Å². The predicted molar refractivity (Wildman–Crippen MR) is 82.1 cm³/mol. The number of benzene rings is 1. The summed E-state index contributed by atoms with van der Waals surface area (Å²) in [6.45, 7) is 4.15. The Balaban J connectivity index is 2.27. The second kappa shape index (κ2) is 6.05. The molecule has 2 N–H and O–H groups in total. The minimum absolute atomic E-state index is 0.227. The predicted octanol–water partition coefficient (Wildman–Crippen LogP) is 3.77. The van der Waals surface area contributed by atoms with E-state index in [1.807, 2.05) is 31.2 Å². The Bertz CT molecular complexity index is 656. The molecular formula is C15H15BrN2O2. The maximum Gasteiger partial charge on any atom is 0.339 e. The van der Waals surface area contributed by atoms with Crippen LogP contribution in [0.25, 0.3) is 0 Å². The Hall–Kier alpha value is -1.88. The van der Waals surface area contributed by atoms with E-state index >= 15 is 0 Å². The summed E-state index contributed by atoms with van der Waals surface area (Å²) < 4.78 is 0.989. The van der Waals surface area contributed by atoms with Gasteiger partial charge in [0.05, 0.1) is 0 Å². The fraction of sp³-hybridized carbons (Fsp3) is 0.200. The Labute approximate surface area is 126 Å². The lowest BCUT2D eigenvalue weighted by atomic mass is 10.1. The maximum absolute atomic E-state index is 11.3. The fourth-order valence-corrected chi connectivity index (χ4v) is 2.51. The first-order valence-electron chi connectivity index (χ1n) is 6.17. The summed E-state index contributed by atoms with van der Waals surface area (Å²) in [5.74, 6) is -0.554. The molecule has 2 rings (SSSR count). The summed E-state index contributed by atoms with van der Waals surface area (Å²) in [6.07, 6.45) is 0. The number of carbonyl (C=O) groups is 1. The van der Waals surface area contributed by atoms with E-state index in [4.69, 9.17) is 0 Å². The number of anilines is 1. The van der Waals surface area contributed by atoms with Gasteiger partial charge >= 0.3 is 5.97 Å². The molecule has 0 saturated heterocycles. The van der Waals surface area contributed by atoms with Crippen LogP contribution in [-0.4, -0.2) is 16.1 Å². The summed E-state index contributed by atoms with van der Waals surface area (Å²) in [6, 6.07) is 9.61. The molecule has 1 heterocycles. The molecule has 4 nitrogen and oxygen atoms in total. The zero-order chi connectivity index (χ0) is 14.7. The third kappa shape index (κ3) is 3.36. The molecule has 0 unspecified atom stereocenters. The van der Waals surface area contributed by atoms with Crippen molar-refractivity contribution >= 4 is 27.7 Å². The van der Waals surface area contributed by atoms with Gasteiger partial charge in [0, 0.05) is 16.7 Å². The van der Waals surface area contributed by atoms with Gasteiger partial charge in [-0.15, -0.1) is 0 Å². The number of aromatic carboxylic acids is 1. The van der Waals surface area contributed by atoms with E-state index < -0.39 is 5.97 Å². The first-order chi connectivity index (χ1) is 9.47. The summed E-state index contributed by atoms with van der Waals surface area (Å²) in [5.41, 5.74) is 2.79. The third-order valence-electron chi connectivity index (χ3n) is 2.91. The van der Waals surface area contributed by atoms with Crippen LogP contribution in [0.4, 0.5) is 5.82 Å². The van der Waals surface area contributed by atoms with Crippen molar-refractivity contribution in [2.45, 2.75) is 20.4 Å². The molecule has 0 saturated carbocycles. The minimum Gasteiger partial charge on any atom is -0.478 e. The van der Waals surface area contributed by atoms with Crippen molar-refractivity contribution in [3.05, 3.63) is 57.2 Å². The van der Waals surface area contributed by atoms with Gasteiger partial charge in [-0.25, -0.2) is 9.78 Å². The highest BCUT2D eigenvalue weighted by molar-refractivity contribution is 9.10. The van der Waals surface area contributed by atoms with Crippen molar-refractivity contribution in [1.29, 1.82) is 0 Å². The lowest BCUT2D eigenvalue weighted by Gasteiger charge is -2.12. The molecule has 0 radical (unpaired) electrons. The number of halogens is 1. The van der Waals surface area contributed by atoms with Gasteiger partial charge in [-0.05, 0) is 43.2 Å². The van der Waals surface area contributed by atoms with Gasteiger partial charge in [-0.2, -0.15) is 0 Å². The highest BCUT2D eigenvalue weighted by atomic mass is 79.9. The molecule has 20 heavy (non-hydrogen) atoms. The molecule has 5 heteroatoms. The molecular weight excluding hydrogens is 320 g/mol. The number of hydrogen-bond acceptors (Lipinski definition) is 3. The van der Waals surface area contributed by atoms with Crippen LogP contribution < -0.4 is 5.32 Å². The smallest absolute Gasteiger partial charge is 0.339 e. The van der Waals surface area contributed by atoms with Crippen LogP contribution in [0.5, 0.6) is 0 Å². The van der Waals surface area contributed by atoms with E-state index in [0.29, 0.717) is 17.9 Å². The van der Waals surface area contributed by atoms with Gasteiger partial charge in [0.15, 0.2) is 0 Å². The normalized spacial score (nSPS) is 10.3. The molecule has 0 aliphatic carbocycles. The lowest BCUT2D eigenvalue weighted by molar-refractivity contribution is 0.0697. The number of carboxylic acid groups (broad SMARTS) is 1. The summed E-state index contributed by atoms with van der Waals surface area (Å²) in [7, 11) is 0. The topological polar surface area (TPSA) is 62.2 Å². The highest BCUT2D eigenvalue weighted by Gasteiger charge is 2.15. The van der Waals surface area contributed by atoms with Crippen LogP contribution in [-0.2, 0) is 6.54 Å². The zero-order valence-electron chi connectivity index (χ0n) is 11.3. The molecule has 0 bridgehead atoms. The number of hydrogen-bond donors (Lipinski definition) is 2. The van der Waals surface area contributed by atoms with Crippen LogP contribution in [0.3, 0.4) is 0 Å². The number of pyridine rings is 1. The van der Waals surface area contributed by atoms with E-state index in [2.05, 4.69) is 26.2 Å². The Morgan fingerprint density at radius 2 is 2.10 bits per heavy atom. The Morgan fingerprint density at radius 3 is 2.75 bits per heavy atom. The van der Waals surface area contributed by atoms with E-state index in [1.165, 1.54) is 0 Å². The molecule has 1 aromatic heterocycles. The molecule has 0 fully saturated rings. The first-order valence-corrected chi connectivity index (χ1v) is 6.96. The van der Waals surface area contributed by atoms with Crippen LogP contribution in [0.1, 0.15) is 27.2 Å². The van der Waals surface area contributed by atoms with Crippen molar-refractivity contribution in [3.8, 4) is 0 Å². The number of nitrogens with zero attached hydrogens (tertiary/aromatic N) is 1. The Morgan fingerprint density at radius 1 is 1.35 bits per heavy atom. The zero-order valence-corrected chi connectivity index (χ0v) is 12.9. The van der Waals surface area contributed by atoms with Gasteiger partial charge in [0.2, 0.25) is 0 Å². The Kier molecular flexibility index (Phi) is 4.39. The van der Waals surface area contributed by atoms with Gasteiger partial charge in [0.1, 0.15) is 11.4 Å². The summed E-state index contributed by atoms with van der Waals surface area (Å²) in [4.78, 5) is 15.6. The van der Waals surface area contributed by atoms with Gasteiger partial charge in [-0.3, -0.25) is 0 Å². The van der Waals surface area contributed by atoms with Crippen molar-refractivity contribution in [1.82, 2.24) is 4.98 Å². The third-order valence-corrected chi connectivity index (χ3v) is 3.40. The second-order valence-electron chi connectivity index (χ2n) is 4.59. The van der Waals surface area contributed by atoms with Crippen LogP contribution in [0, 0.1) is 13.8 Å². The van der Waals surface area contributed by atoms with Crippen molar-refractivity contribution in [2.24, 2.45) is 0 Å². The number of aryl methyl sites for hydroxylation is 2. The van der Waals surface area contributed by atoms with Gasteiger partial charge < -0.3 is 10.4 Å². The van der Waals surface area contributed by atoms with Crippen molar-refractivity contribution < 1.29 is 9.90 Å². The standard InChI is InChI=1S/C15H15BrN2O2/c1-9-6-10(2)18-14(13(9)15(19)20)17-8-11-4-3-5-12(16)7-11/h3-7H,8H2,1-2H3,(H,17,18)(H,19,20). The van der Waals surface area contributed by atoms with E-state index in [-0.39, 0.29) is 5.56 Å². The molecule has 104 valence electrons. The van der Waals surface area contributed by atoms with Crippen molar-refractivity contribution in [2.75, 3.05) is 5.32 Å². The lowest BCUT2D eigenvalue weighted by Crippen LogP contribution is -2.11. The number of aromatic nitrogens is 1. The van der Waals surface area contributed by atoms with Crippen molar-refractivity contribution in [3.63, 3.8) is 0 Å². The maximum atomic E-state index is 11.3. The van der Waals surface area contributed by atoms with E-state index in [9.17, 15) is 9.90 Å². The molecule has 2 aromatic rings. The second-order valence-corrected chi connectivity index (χ2v) is 5.51. The van der Waals surface area contributed by atoms with E-state index in [1.54, 1.807) is 13.0 Å². The largest absolute Gasteiger partial charge is 0.478 e. The molecule has 0 atom stereocenters. The van der Waals surface area contributed by atoms with Crippen LogP contribution >= 0.6 is 15.9 Å². The van der Waals surface area contributed by atoms with Gasteiger partial charge in [-0.1, -0.05) is 28.1 Å². The fourth-order valence-electron chi connectivity index (χ4n) is 2.07. The summed E-state index contributed by atoms with van der Waals surface area (Å²) >= 11 is 3.41. The number of carboxylic acids is 1. The van der Waals surface area contributed by atoms with Gasteiger partial charge in [0.25, 0.3) is 0 Å². The summed E-state index contributed by atoms with van der Waals surface area (Å²) in [5, 5.41) is 12.4.